The Hall–Kier alpha value is -1.54. The lowest BCUT2D eigenvalue weighted by atomic mass is 10.1. The molecule has 0 radical (unpaired) electrons. The van der Waals surface area contributed by atoms with E-state index in [0.717, 1.165) is 0 Å². The second kappa shape index (κ2) is 6.26. The number of anilines is 1. The third kappa shape index (κ3) is 4.45. The summed E-state index contributed by atoms with van der Waals surface area (Å²) in [5.41, 5.74) is 7.12. The van der Waals surface area contributed by atoms with Crippen LogP contribution >= 0.6 is 11.3 Å². The third-order valence-corrected chi connectivity index (χ3v) is 2.66. The van der Waals surface area contributed by atoms with Gasteiger partial charge in [0.15, 0.2) is 0 Å². The Bertz CT molecular complexity index is 379. The van der Waals surface area contributed by atoms with E-state index in [1.165, 1.54) is 16.8 Å². The number of nitrogens with two attached hydrogens (primary N) is 1. The molecule has 0 aliphatic carbocycles. The molecule has 4 N–H and O–H groups in total. The normalized spacial score (nSPS) is 12.2. The lowest BCUT2D eigenvalue weighted by Gasteiger charge is -2.14. The number of carbonyl (C=O) groups excluding carboxylic acids is 2. The standard InChI is InChI=1S/C9H15N5O2S/c1-5(2)7(10)8(16)11-3-6(15)13-9-14-12-4-17-9/h4-5,7H,3,10H2,1-2H3,(H,11,16)(H,13,14,15)/t7-/m0/s1. The molecule has 2 amide bonds. The number of nitrogens with one attached hydrogen (secondary N) is 2. The summed E-state index contributed by atoms with van der Waals surface area (Å²) < 4.78 is 0. The minimum atomic E-state index is -0.607. The van der Waals surface area contributed by atoms with Crippen molar-refractivity contribution in [1.82, 2.24) is 15.5 Å². The summed E-state index contributed by atoms with van der Waals surface area (Å²) in [4.78, 5) is 22.8. The Morgan fingerprint density at radius 1 is 1.53 bits per heavy atom. The Labute approximate surface area is 103 Å². The summed E-state index contributed by atoms with van der Waals surface area (Å²) >= 11 is 1.21. The van der Waals surface area contributed by atoms with E-state index in [2.05, 4.69) is 20.8 Å². The molecule has 94 valence electrons. The van der Waals surface area contributed by atoms with E-state index >= 15 is 0 Å². The van der Waals surface area contributed by atoms with Gasteiger partial charge < -0.3 is 11.1 Å². The number of carbonyl (C=O) groups is 2. The van der Waals surface area contributed by atoms with Gasteiger partial charge in [0, 0.05) is 0 Å². The second-order valence-electron chi connectivity index (χ2n) is 3.78. The van der Waals surface area contributed by atoms with Crippen LogP contribution < -0.4 is 16.4 Å². The van der Waals surface area contributed by atoms with E-state index < -0.39 is 6.04 Å². The maximum absolute atomic E-state index is 11.4. The molecule has 0 aliphatic heterocycles. The molecular formula is C9H15N5O2S. The van der Waals surface area contributed by atoms with Gasteiger partial charge in [-0.05, 0) is 5.92 Å². The quantitative estimate of drug-likeness (QED) is 0.663. The summed E-state index contributed by atoms with van der Waals surface area (Å²) in [5, 5.41) is 12.6. The Morgan fingerprint density at radius 2 is 2.24 bits per heavy atom. The summed E-state index contributed by atoms with van der Waals surface area (Å²) in [6.45, 7) is 3.55. The molecule has 0 unspecified atom stereocenters. The van der Waals surface area contributed by atoms with E-state index in [1.807, 2.05) is 13.8 Å². The molecule has 7 nitrogen and oxygen atoms in total. The van der Waals surface area contributed by atoms with Crippen molar-refractivity contribution in [2.75, 3.05) is 11.9 Å². The van der Waals surface area contributed by atoms with Crippen LogP contribution in [0, 0.1) is 5.92 Å². The van der Waals surface area contributed by atoms with E-state index in [0.29, 0.717) is 5.13 Å². The first-order valence-electron chi connectivity index (χ1n) is 5.10. The fourth-order valence-electron chi connectivity index (χ4n) is 0.979. The van der Waals surface area contributed by atoms with Crippen molar-refractivity contribution in [2.24, 2.45) is 11.7 Å². The van der Waals surface area contributed by atoms with Crippen LogP contribution in [0.5, 0.6) is 0 Å². The molecule has 0 spiro atoms. The van der Waals surface area contributed by atoms with Crippen molar-refractivity contribution in [2.45, 2.75) is 19.9 Å². The molecule has 0 aromatic carbocycles. The maximum Gasteiger partial charge on any atom is 0.245 e. The van der Waals surface area contributed by atoms with Gasteiger partial charge in [0.05, 0.1) is 12.6 Å². The van der Waals surface area contributed by atoms with Crippen molar-refractivity contribution in [3.8, 4) is 0 Å². The summed E-state index contributed by atoms with van der Waals surface area (Å²) in [7, 11) is 0. The fraction of sp³-hybridized carbons (Fsp3) is 0.556. The minimum absolute atomic E-state index is 0.0289. The molecule has 1 aromatic rings. The highest BCUT2D eigenvalue weighted by molar-refractivity contribution is 7.13. The number of amides is 2. The first-order chi connectivity index (χ1) is 8.00. The first kappa shape index (κ1) is 13.5. The molecule has 0 bridgehead atoms. The number of hydrogen-bond donors (Lipinski definition) is 3. The zero-order valence-corrected chi connectivity index (χ0v) is 10.5. The van der Waals surface area contributed by atoms with Crippen LogP contribution in [0.25, 0.3) is 0 Å². The van der Waals surface area contributed by atoms with Gasteiger partial charge in [-0.3, -0.25) is 14.9 Å². The lowest BCUT2D eigenvalue weighted by molar-refractivity contribution is -0.125. The Balaban J connectivity index is 2.31. The highest BCUT2D eigenvalue weighted by Gasteiger charge is 2.17. The van der Waals surface area contributed by atoms with E-state index in [1.54, 1.807) is 0 Å². The van der Waals surface area contributed by atoms with Gasteiger partial charge >= 0.3 is 0 Å². The SMILES string of the molecule is CC(C)[C@H](N)C(=O)NCC(=O)Nc1nncs1. The predicted octanol–water partition coefficient (Wildman–Crippen LogP) is -0.424. The van der Waals surface area contributed by atoms with E-state index in [-0.39, 0.29) is 24.3 Å². The van der Waals surface area contributed by atoms with Crippen LogP contribution in [-0.4, -0.2) is 34.6 Å². The van der Waals surface area contributed by atoms with Crippen molar-refractivity contribution in [3.05, 3.63) is 5.51 Å². The van der Waals surface area contributed by atoms with Crippen molar-refractivity contribution >= 4 is 28.3 Å². The molecule has 0 aliphatic rings. The smallest absolute Gasteiger partial charge is 0.245 e. The third-order valence-electron chi connectivity index (χ3n) is 2.05. The van der Waals surface area contributed by atoms with Crippen molar-refractivity contribution < 1.29 is 9.59 Å². The zero-order chi connectivity index (χ0) is 12.8. The molecular weight excluding hydrogens is 242 g/mol. The van der Waals surface area contributed by atoms with E-state index in [9.17, 15) is 9.59 Å². The van der Waals surface area contributed by atoms with Crippen LogP contribution in [0.3, 0.4) is 0 Å². The molecule has 8 heteroatoms. The molecule has 0 fully saturated rings. The molecule has 1 rings (SSSR count). The van der Waals surface area contributed by atoms with Crippen LogP contribution in [0.4, 0.5) is 5.13 Å². The van der Waals surface area contributed by atoms with Gasteiger partial charge in [0.2, 0.25) is 16.9 Å². The number of nitrogens with zero attached hydrogens (tertiary/aromatic N) is 2. The fourth-order valence-corrected chi connectivity index (χ4v) is 1.44. The molecule has 0 saturated carbocycles. The van der Waals surface area contributed by atoms with Crippen molar-refractivity contribution in [1.29, 1.82) is 0 Å². The first-order valence-corrected chi connectivity index (χ1v) is 5.98. The molecule has 0 saturated heterocycles. The van der Waals surface area contributed by atoms with Gasteiger partial charge in [-0.15, -0.1) is 10.2 Å². The number of hydrogen-bond acceptors (Lipinski definition) is 6. The lowest BCUT2D eigenvalue weighted by Crippen LogP contribution is -2.46. The second-order valence-corrected chi connectivity index (χ2v) is 4.61. The number of rotatable bonds is 5. The van der Waals surface area contributed by atoms with E-state index in [4.69, 9.17) is 5.73 Å². The largest absolute Gasteiger partial charge is 0.346 e. The van der Waals surface area contributed by atoms with Gasteiger partial charge in [-0.1, -0.05) is 25.2 Å². The monoisotopic (exact) mass is 257 g/mol. The van der Waals surface area contributed by atoms with Gasteiger partial charge in [-0.25, -0.2) is 0 Å². The summed E-state index contributed by atoms with van der Waals surface area (Å²) in [6.07, 6.45) is 0. The summed E-state index contributed by atoms with van der Waals surface area (Å²) in [5.74, 6) is -0.667. The van der Waals surface area contributed by atoms with Crippen LogP contribution in [0.2, 0.25) is 0 Å². The maximum atomic E-state index is 11.4. The molecule has 1 aromatic heterocycles. The molecule has 1 atom stereocenters. The van der Waals surface area contributed by atoms with Crippen LogP contribution in [0.1, 0.15) is 13.8 Å². The minimum Gasteiger partial charge on any atom is -0.346 e. The van der Waals surface area contributed by atoms with Gasteiger partial charge in [0.1, 0.15) is 5.51 Å². The molecule has 1 heterocycles. The molecule has 17 heavy (non-hydrogen) atoms. The van der Waals surface area contributed by atoms with Crippen LogP contribution in [-0.2, 0) is 9.59 Å². The Kier molecular flexibility index (Phi) is 4.98. The summed E-state index contributed by atoms with van der Waals surface area (Å²) in [6, 6.07) is -0.607. The van der Waals surface area contributed by atoms with Gasteiger partial charge in [0.25, 0.3) is 0 Å². The zero-order valence-electron chi connectivity index (χ0n) is 9.64. The van der Waals surface area contributed by atoms with Crippen molar-refractivity contribution in [3.63, 3.8) is 0 Å². The highest BCUT2D eigenvalue weighted by atomic mass is 32.1. The average Bonchev–Trinajstić information content (AvgIpc) is 2.77. The highest BCUT2D eigenvalue weighted by Crippen LogP contribution is 2.06. The topological polar surface area (TPSA) is 110 Å². The Morgan fingerprint density at radius 3 is 2.76 bits per heavy atom. The number of aromatic nitrogens is 2. The van der Waals surface area contributed by atoms with Gasteiger partial charge in [-0.2, -0.15) is 0 Å². The average molecular weight is 257 g/mol. The van der Waals surface area contributed by atoms with Crippen LogP contribution in [0.15, 0.2) is 5.51 Å². The predicted molar refractivity (Wildman–Crippen MR) is 64.4 cm³/mol.